The van der Waals surface area contributed by atoms with Crippen LogP contribution in [0, 0.1) is 0 Å². The van der Waals surface area contributed by atoms with Gasteiger partial charge in [0.15, 0.2) is 0 Å². The van der Waals surface area contributed by atoms with Gasteiger partial charge >= 0.3 is 0 Å². The van der Waals surface area contributed by atoms with Crippen LogP contribution in [0.2, 0.25) is 0 Å². The Morgan fingerprint density at radius 2 is 2.00 bits per heavy atom. The summed E-state index contributed by atoms with van der Waals surface area (Å²) in [6.07, 6.45) is 5.15. The molecule has 0 aliphatic heterocycles. The Hall–Kier alpha value is -1.72. The fourth-order valence-electron chi connectivity index (χ4n) is 3.28. The second kappa shape index (κ2) is 7.45. The maximum absolute atomic E-state index is 12.3. The van der Waals surface area contributed by atoms with E-state index in [0.717, 1.165) is 48.4 Å². The van der Waals surface area contributed by atoms with Crippen LogP contribution in [0.5, 0.6) is 0 Å². The molecule has 2 N–H and O–H groups in total. The summed E-state index contributed by atoms with van der Waals surface area (Å²) in [5.41, 5.74) is 2.77. The monoisotopic (exact) mass is 344 g/mol. The van der Waals surface area contributed by atoms with Crippen LogP contribution in [0.25, 0.3) is 10.6 Å². The number of hydrogen-bond acceptors (Lipinski definition) is 4. The van der Waals surface area contributed by atoms with Crippen molar-refractivity contribution in [3.05, 3.63) is 40.9 Å². The highest BCUT2D eigenvalue weighted by atomic mass is 32.1. The van der Waals surface area contributed by atoms with Crippen molar-refractivity contribution in [1.29, 1.82) is 0 Å². The molecular formula is C19H24N2O2S. The highest BCUT2D eigenvalue weighted by molar-refractivity contribution is 7.13. The maximum atomic E-state index is 12.3. The lowest BCUT2D eigenvalue weighted by Crippen LogP contribution is -2.49. The number of aromatic nitrogens is 1. The average molecular weight is 344 g/mol. The van der Waals surface area contributed by atoms with E-state index < -0.39 is 5.54 Å². The fraction of sp³-hybridized carbons (Fsp3) is 0.474. The number of thiazole rings is 1. The van der Waals surface area contributed by atoms with Gasteiger partial charge in [0.05, 0.1) is 24.3 Å². The van der Waals surface area contributed by atoms with Gasteiger partial charge in [-0.05, 0) is 24.8 Å². The van der Waals surface area contributed by atoms with E-state index >= 15 is 0 Å². The number of aliphatic hydroxyl groups is 1. The van der Waals surface area contributed by atoms with Crippen molar-refractivity contribution >= 4 is 17.2 Å². The smallest absolute Gasteiger partial charge is 0.226 e. The molecule has 0 bridgehead atoms. The molecule has 1 amide bonds. The zero-order valence-electron chi connectivity index (χ0n) is 14.0. The Kier molecular flexibility index (Phi) is 5.31. The van der Waals surface area contributed by atoms with E-state index in [1.807, 2.05) is 5.38 Å². The summed E-state index contributed by atoms with van der Waals surface area (Å²) in [5, 5.41) is 15.5. The van der Waals surface area contributed by atoms with Gasteiger partial charge in [0, 0.05) is 10.9 Å². The third kappa shape index (κ3) is 3.84. The van der Waals surface area contributed by atoms with E-state index in [1.54, 1.807) is 11.3 Å². The van der Waals surface area contributed by atoms with E-state index in [9.17, 15) is 9.90 Å². The summed E-state index contributed by atoms with van der Waals surface area (Å²) < 4.78 is 0. The number of nitrogens with one attached hydrogen (secondary N) is 1. The standard InChI is InChI=1S/C19H24N2O2S/c1-2-14-5-7-15(8-6-14)18-20-16(12-24-18)11-17(23)21-19(13-22)9-3-4-10-19/h5-8,12,22H,2-4,9-11,13H2,1H3,(H,21,23). The maximum Gasteiger partial charge on any atom is 0.226 e. The van der Waals surface area contributed by atoms with Crippen LogP contribution < -0.4 is 5.32 Å². The molecule has 0 radical (unpaired) electrons. The molecule has 1 saturated carbocycles. The fourth-order valence-corrected chi connectivity index (χ4v) is 4.11. The molecule has 0 unspecified atom stereocenters. The molecule has 0 atom stereocenters. The van der Waals surface area contributed by atoms with Gasteiger partial charge in [-0.25, -0.2) is 4.98 Å². The number of aliphatic hydroxyl groups excluding tert-OH is 1. The van der Waals surface area contributed by atoms with E-state index in [0.29, 0.717) is 0 Å². The summed E-state index contributed by atoms with van der Waals surface area (Å²) in [5.74, 6) is -0.0517. The van der Waals surface area contributed by atoms with Gasteiger partial charge in [-0.2, -0.15) is 0 Å². The first-order chi connectivity index (χ1) is 11.6. The van der Waals surface area contributed by atoms with Gasteiger partial charge in [-0.3, -0.25) is 4.79 Å². The van der Waals surface area contributed by atoms with Crippen molar-refractivity contribution in [2.45, 2.75) is 51.0 Å². The quantitative estimate of drug-likeness (QED) is 0.845. The van der Waals surface area contributed by atoms with E-state index in [4.69, 9.17) is 0 Å². The van der Waals surface area contributed by atoms with Gasteiger partial charge in [0.25, 0.3) is 0 Å². The summed E-state index contributed by atoms with van der Waals surface area (Å²) in [4.78, 5) is 16.9. The highest BCUT2D eigenvalue weighted by Crippen LogP contribution is 2.29. The van der Waals surface area contributed by atoms with Crippen LogP contribution in [0.1, 0.15) is 43.9 Å². The Morgan fingerprint density at radius 1 is 1.29 bits per heavy atom. The Bertz CT molecular complexity index is 688. The number of benzene rings is 1. The number of hydrogen-bond donors (Lipinski definition) is 2. The first-order valence-corrected chi connectivity index (χ1v) is 9.48. The molecule has 5 heteroatoms. The van der Waals surface area contributed by atoms with Crippen LogP contribution in [-0.2, 0) is 17.6 Å². The number of rotatable bonds is 6. The number of carbonyl (C=O) groups is 1. The molecule has 1 aliphatic rings. The van der Waals surface area contributed by atoms with Gasteiger partial charge < -0.3 is 10.4 Å². The van der Waals surface area contributed by atoms with Crippen LogP contribution >= 0.6 is 11.3 Å². The predicted octanol–water partition coefficient (Wildman–Crippen LogP) is 3.34. The second-order valence-electron chi connectivity index (χ2n) is 6.56. The lowest BCUT2D eigenvalue weighted by Gasteiger charge is -2.27. The van der Waals surface area contributed by atoms with Gasteiger partial charge in [0.1, 0.15) is 5.01 Å². The van der Waals surface area contributed by atoms with E-state index in [1.165, 1.54) is 5.56 Å². The zero-order valence-corrected chi connectivity index (χ0v) is 14.9. The van der Waals surface area contributed by atoms with Crippen molar-refractivity contribution < 1.29 is 9.90 Å². The summed E-state index contributed by atoms with van der Waals surface area (Å²) in [7, 11) is 0. The van der Waals surface area contributed by atoms with E-state index in [-0.39, 0.29) is 18.9 Å². The summed E-state index contributed by atoms with van der Waals surface area (Å²) in [6.45, 7) is 2.16. The Balaban J connectivity index is 1.63. The molecule has 24 heavy (non-hydrogen) atoms. The normalized spacial score (nSPS) is 16.2. The Labute approximate surface area is 146 Å². The minimum atomic E-state index is -0.411. The van der Waals surface area contributed by atoms with Crippen LogP contribution in [0.15, 0.2) is 29.6 Å². The molecule has 0 saturated heterocycles. The van der Waals surface area contributed by atoms with Gasteiger partial charge in [-0.1, -0.05) is 44.0 Å². The molecule has 4 nitrogen and oxygen atoms in total. The molecular weight excluding hydrogens is 320 g/mol. The first kappa shape index (κ1) is 17.1. The molecule has 128 valence electrons. The Morgan fingerprint density at radius 3 is 2.62 bits per heavy atom. The van der Waals surface area contributed by atoms with E-state index in [2.05, 4.69) is 41.5 Å². The minimum absolute atomic E-state index is 0.0187. The number of nitrogens with zero attached hydrogens (tertiary/aromatic N) is 1. The highest BCUT2D eigenvalue weighted by Gasteiger charge is 2.34. The third-order valence-corrected chi connectivity index (χ3v) is 5.71. The third-order valence-electron chi connectivity index (χ3n) is 4.77. The molecule has 1 aromatic carbocycles. The largest absolute Gasteiger partial charge is 0.394 e. The van der Waals surface area contributed by atoms with Gasteiger partial charge in [-0.15, -0.1) is 11.3 Å². The minimum Gasteiger partial charge on any atom is -0.394 e. The molecule has 3 rings (SSSR count). The van der Waals surface area contributed by atoms with Crippen molar-refractivity contribution in [2.24, 2.45) is 0 Å². The lowest BCUT2D eigenvalue weighted by molar-refractivity contribution is -0.123. The van der Waals surface area contributed by atoms with Gasteiger partial charge in [0.2, 0.25) is 5.91 Å². The molecule has 1 heterocycles. The number of amides is 1. The topological polar surface area (TPSA) is 62.2 Å². The molecule has 0 spiro atoms. The molecule has 1 aromatic heterocycles. The second-order valence-corrected chi connectivity index (χ2v) is 7.42. The first-order valence-electron chi connectivity index (χ1n) is 8.60. The van der Waals surface area contributed by atoms with Crippen LogP contribution in [0.4, 0.5) is 0 Å². The van der Waals surface area contributed by atoms with Crippen molar-refractivity contribution in [2.75, 3.05) is 6.61 Å². The predicted molar refractivity (Wildman–Crippen MR) is 97.1 cm³/mol. The SMILES string of the molecule is CCc1ccc(-c2nc(CC(=O)NC3(CO)CCCC3)cs2)cc1. The van der Waals surface area contributed by atoms with Crippen molar-refractivity contribution in [1.82, 2.24) is 10.3 Å². The van der Waals surface area contributed by atoms with Crippen molar-refractivity contribution in [3.63, 3.8) is 0 Å². The van der Waals surface area contributed by atoms with Crippen LogP contribution in [0.3, 0.4) is 0 Å². The van der Waals surface area contributed by atoms with Crippen LogP contribution in [-0.4, -0.2) is 28.1 Å². The van der Waals surface area contributed by atoms with Crippen molar-refractivity contribution in [3.8, 4) is 10.6 Å². The lowest BCUT2D eigenvalue weighted by atomic mass is 9.98. The average Bonchev–Trinajstić information content (AvgIpc) is 3.25. The molecule has 2 aromatic rings. The number of carbonyl (C=O) groups excluding carboxylic acids is 1. The molecule has 1 fully saturated rings. The zero-order chi connectivity index (χ0) is 17.0. The molecule has 1 aliphatic carbocycles. The summed E-state index contributed by atoms with van der Waals surface area (Å²) >= 11 is 1.57. The number of aryl methyl sites for hydroxylation is 1. The summed E-state index contributed by atoms with van der Waals surface area (Å²) in [6, 6.07) is 8.41.